The minimum Gasteiger partial charge on any atom is -0.385 e. The van der Waals surface area contributed by atoms with Gasteiger partial charge in [0.15, 0.2) is 0 Å². The van der Waals surface area contributed by atoms with Crippen molar-refractivity contribution in [3.05, 3.63) is 35.1 Å². The van der Waals surface area contributed by atoms with E-state index in [-0.39, 0.29) is 5.82 Å². The van der Waals surface area contributed by atoms with Gasteiger partial charge in [-0.15, -0.1) is 0 Å². The number of piperidine rings is 1. The van der Waals surface area contributed by atoms with Crippen molar-refractivity contribution < 1.29 is 9.50 Å². The Bertz CT molecular complexity index is 460. The van der Waals surface area contributed by atoms with Crippen LogP contribution in [0.1, 0.15) is 36.8 Å². The molecule has 0 aromatic heterocycles. The van der Waals surface area contributed by atoms with Crippen LogP contribution in [0.5, 0.6) is 0 Å². The summed E-state index contributed by atoms with van der Waals surface area (Å²) >= 11 is 0. The summed E-state index contributed by atoms with van der Waals surface area (Å²) in [6.45, 7) is 1.95. The average Bonchev–Trinajstić information content (AvgIpc) is 2.56. The molecular weight excluding hydrogens is 229 g/mol. The molecule has 3 rings (SSSR count). The molecule has 1 N–H and O–H groups in total. The van der Waals surface area contributed by atoms with E-state index in [1.165, 1.54) is 12.1 Å². The van der Waals surface area contributed by atoms with Gasteiger partial charge in [-0.05, 0) is 62.9 Å². The first kappa shape index (κ1) is 12.1. The molecule has 18 heavy (non-hydrogen) atoms. The third-order valence-electron chi connectivity index (χ3n) is 4.83. The van der Waals surface area contributed by atoms with E-state index in [9.17, 15) is 9.50 Å². The van der Waals surface area contributed by atoms with Crippen molar-refractivity contribution in [2.45, 2.75) is 50.3 Å². The summed E-state index contributed by atoms with van der Waals surface area (Å²) in [7, 11) is 2.14. The summed E-state index contributed by atoms with van der Waals surface area (Å²) in [5.74, 6) is -0.254. The Morgan fingerprint density at radius 3 is 2.50 bits per heavy atom. The van der Waals surface area contributed by atoms with Crippen molar-refractivity contribution in [3.63, 3.8) is 0 Å². The predicted octanol–water partition coefficient (Wildman–Crippen LogP) is 2.58. The SMILES string of the molecule is Cc1ccc(F)cc1C1(O)CC2CCC(C1)N2C. The van der Waals surface area contributed by atoms with Gasteiger partial charge >= 0.3 is 0 Å². The van der Waals surface area contributed by atoms with Crippen LogP contribution < -0.4 is 0 Å². The summed E-state index contributed by atoms with van der Waals surface area (Å²) in [5.41, 5.74) is 0.931. The summed E-state index contributed by atoms with van der Waals surface area (Å²) in [5, 5.41) is 11.0. The number of aryl methyl sites for hydroxylation is 1. The second-order valence-electron chi connectivity index (χ2n) is 5.95. The lowest BCUT2D eigenvalue weighted by Crippen LogP contribution is -2.47. The van der Waals surface area contributed by atoms with Gasteiger partial charge in [0.05, 0.1) is 5.60 Å². The molecule has 3 heteroatoms. The Morgan fingerprint density at radius 1 is 1.28 bits per heavy atom. The van der Waals surface area contributed by atoms with Crippen molar-refractivity contribution in [3.8, 4) is 0 Å². The maximum atomic E-state index is 13.4. The molecule has 2 fully saturated rings. The van der Waals surface area contributed by atoms with Crippen LogP contribution in [0.2, 0.25) is 0 Å². The molecular formula is C15H20FNO. The molecule has 1 aromatic carbocycles. The van der Waals surface area contributed by atoms with Gasteiger partial charge in [0.25, 0.3) is 0 Å². The van der Waals surface area contributed by atoms with E-state index in [4.69, 9.17) is 0 Å². The number of fused-ring (bicyclic) bond motifs is 2. The van der Waals surface area contributed by atoms with Crippen LogP contribution in [0, 0.1) is 12.7 Å². The van der Waals surface area contributed by atoms with E-state index in [2.05, 4.69) is 11.9 Å². The van der Waals surface area contributed by atoms with Crippen molar-refractivity contribution >= 4 is 0 Å². The normalized spacial score (nSPS) is 36.0. The molecule has 2 bridgehead atoms. The second-order valence-corrected chi connectivity index (χ2v) is 5.95. The van der Waals surface area contributed by atoms with Gasteiger partial charge in [0, 0.05) is 12.1 Å². The molecule has 0 saturated carbocycles. The maximum Gasteiger partial charge on any atom is 0.123 e. The van der Waals surface area contributed by atoms with E-state index in [0.29, 0.717) is 12.1 Å². The van der Waals surface area contributed by atoms with Crippen LogP contribution in [0.3, 0.4) is 0 Å². The Balaban J connectivity index is 1.98. The highest BCUT2D eigenvalue weighted by molar-refractivity contribution is 5.33. The van der Waals surface area contributed by atoms with Crippen LogP contribution in [0.4, 0.5) is 4.39 Å². The largest absolute Gasteiger partial charge is 0.385 e. The highest BCUT2D eigenvalue weighted by Crippen LogP contribution is 2.45. The molecule has 2 unspecified atom stereocenters. The zero-order valence-corrected chi connectivity index (χ0v) is 11.0. The fourth-order valence-electron chi connectivity index (χ4n) is 3.76. The highest BCUT2D eigenvalue weighted by atomic mass is 19.1. The smallest absolute Gasteiger partial charge is 0.123 e. The van der Waals surface area contributed by atoms with E-state index >= 15 is 0 Å². The Kier molecular flexibility index (Phi) is 2.72. The van der Waals surface area contributed by atoms with Gasteiger partial charge in [-0.25, -0.2) is 4.39 Å². The van der Waals surface area contributed by atoms with Crippen molar-refractivity contribution in [2.75, 3.05) is 7.05 Å². The number of benzene rings is 1. The lowest BCUT2D eigenvalue weighted by atomic mass is 9.79. The van der Waals surface area contributed by atoms with Crippen LogP contribution >= 0.6 is 0 Å². The van der Waals surface area contributed by atoms with Gasteiger partial charge in [-0.1, -0.05) is 6.07 Å². The summed E-state index contributed by atoms with van der Waals surface area (Å²) in [4.78, 5) is 2.38. The van der Waals surface area contributed by atoms with Crippen molar-refractivity contribution in [2.24, 2.45) is 0 Å². The van der Waals surface area contributed by atoms with Crippen LogP contribution in [-0.4, -0.2) is 29.1 Å². The molecule has 98 valence electrons. The van der Waals surface area contributed by atoms with Gasteiger partial charge in [-0.3, -0.25) is 0 Å². The first-order chi connectivity index (χ1) is 8.49. The minimum atomic E-state index is -0.843. The molecule has 0 spiro atoms. The average molecular weight is 249 g/mol. The summed E-state index contributed by atoms with van der Waals surface area (Å²) < 4.78 is 13.4. The minimum absolute atomic E-state index is 0.254. The Hall–Kier alpha value is -0.930. The van der Waals surface area contributed by atoms with Crippen LogP contribution in [0.15, 0.2) is 18.2 Å². The Labute approximate surface area is 107 Å². The third kappa shape index (κ3) is 1.77. The molecule has 2 heterocycles. The van der Waals surface area contributed by atoms with Gasteiger partial charge in [0.2, 0.25) is 0 Å². The zero-order chi connectivity index (χ0) is 12.9. The van der Waals surface area contributed by atoms with Crippen molar-refractivity contribution in [1.29, 1.82) is 0 Å². The number of aliphatic hydroxyl groups is 1. The molecule has 2 saturated heterocycles. The van der Waals surface area contributed by atoms with Gasteiger partial charge < -0.3 is 10.0 Å². The molecule has 0 radical (unpaired) electrons. The highest BCUT2D eigenvalue weighted by Gasteiger charge is 2.47. The van der Waals surface area contributed by atoms with Crippen LogP contribution in [-0.2, 0) is 5.60 Å². The summed E-state index contributed by atoms with van der Waals surface area (Å²) in [6.07, 6.45) is 3.75. The molecule has 2 aliphatic heterocycles. The Morgan fingerprint density at radius 2 is 1.89 bits per heavy atom. The van der Waals surface area contributed by atoms with Gasteiger partial charge in [-0.2, -0.15) is 0 Å². The first-order valence-electron chi connectivity index (χ1n) is 6.70. The van der Waals surface area contributed by atoms with E-state index in [0.717, 1.165) is 36.8 Å². The molecule has 1 aromatic rings. The molecule has 2 aliphatic rings. The number of halogens is 1. The molecule has 0 amide bonds. The topological polar surface area (TPSA) is 23.5 Å². The number of rotatable bonds is 1. The maximum absolute atomic E-state index is 13.4. The quantitative estimate of drug-likeness (QED) is 0.827. The molecule has 2 atom stereocenters. The summed E-state index contributed by atoms with van der Waals surface area (Å²) in [6, 6.07) is 5.63. The molecule has 0 aliphatic carbocycles. The zero-order valence-electron chi connectivity index (χ0n) is 11.0. The lowest BCUT2D eigenvalue weighted by molar-refractivity contribution is -0.0499. The molecule has 2 nitrogen and oxygen atoms in total. The third-order valence-corrected chi connectivity index (χ3v) is 4.83. The van der Waals surface area contributed by atoms with Crippen molar-refractivity contribution in [1.82, 2.24) is 4.90 Å². The predicted molar refractivity (Wildman–Crippen MR) is 68.8 cm³/mol. The van der Waals surface area contributed by atoms with Crippen LogP contribution in [0.25, 0.3) is 0 Å². The monoisotopic (exact) mass is 249 g/mol. The first-order valence-corrected chi connectivity index (χ1v) is 6.70. The fraction of sp³-hybridized carbons (Fsp3) is 0.600. The fourth-order valence-corrected chi connectivity index (χ4v) is 3.76. The number of nitrogens with zero attached hydrogens (tertiary/aromatic N) is 1. The number of hydrogen-bond donors (Lipinski definition) is 1. The number of hydrogen-bond acceptors (Lipinski definition) is 2. The standard InChI is InChI=1S/C15H20FNO/c1-10-3-4-11(16)7-14(10)15(18)8-12-5-6-13(9-15)17(12)2/h3-4,7,12-13,18H,5-6,8-9H2,1-2H3. The second kappa shape index (κ2) is 4.04. The van der Waals surface area contributed by atoms with E-state index < -0.39 is 5.60 Å². The lowest BCUT2D eigenvalue weighted by Gasteiger charge is -2.43. The van der Waals surface area contributed by atoms with E-state index in [1.54, 1.807) is 6.07 Å². The van der Waals surface area contributed by atoms with Gasteiger partial charge in [0.1, 0.15) is 5.82 Å². The van der Waals surface area contributed by atoms with E-state index in [1.807, 2.05) is 6.92 Å².